The fourth-order valence-electron chi connectivity index (χ4n) is 2.72. The van der Waals surface area contributed by atoms with Crippen molar-refractivity contribution in [3.05, 3.63) is 17.7 Å². The summed E-state index contributed by atoms with van der Waals surface area (Å²) in [7, 11) is 0. The fraction of sp³-hybridized carbons (Fsp3) is 0.769. The maximum atomic E-state index is 6.26. The summed E-state index contributed by atoms with van der Waals surface area (Å²) in [6.07, 6.45) is 5.47. The molecule has 1 aromatic rings. The van der Waals surface area contributed by atoms with Crippen molar-refractivity contribution in [2.45, 2.75) is 59.0 Å². The summed E-state index contributed by atoms with van der Waals surface area (Å²) < 4.78 is 2.28. The van der Waals surface area contributed by atoms with Gasteiger partial charge >= 0.3 is 0 Å². The SMILES string of the molecule is Cc1ncn(C2CC(C)(C)CCC2N)c1C. The molecule has 1 aromatic heterocycles. The number of hydrogen-bond donors (Lipinski definition) is 1. The van der Waals surface area contributed by atoms with Crippen LogP contribution < -0.4 is 5.73 Å². The molecule has 0 aliphatic heterocycles. The molecule has 1 heterocycles. The van der Waals surface area contributed by atoms with Crippen LogP contribution in [0, 0.1) is 19.3 Å². The van der Waals surface area contributed by atoms with Crippen molar-refractivity contribution >= 4 is 0 Å². The summed E-state index contributed by atoms with van der Waals surface area (Å²) in [5, 5.41) is 0. The second-order valence-corrected chi connectivity index (χ2v) is 5.96. The summed E-state index contributed by atoms with van der Waals surface area (Å²) >= 11 is 0. The van der Waals surface area contributed by atoms with Crippen LogP contribution in [0.5, 0.6) is 0 Å². The van der Waals surface area contributed by atoms with Crippen molar-refractivity contribution < 1.29 is 0 Å². The van der Waals surface area contributed by atoms with Gasteiger partial charge in [0.1, 0.15) is 0 Å². The Balaban J connectivity index is 2.28. The van der Waals surface area contributed by atoms with Gasteiger partial charge < -0.3 is 10.3 Å². The number of rotatable bonds is 1. The third-order valence-corrected chi connectivity index (χ3v) is 4.05. The predicted octanol–water partition coefficient (Wildman–Crippen LogP) is 2.58. The zero-order valence-electron chi connectivity index (χ0n) is 10.8. The summed E-state index contributed by atoms with van der Waals surface area (Å²) in [5.74, 6) is 0. The van der Waals surface area contributed by atoms with Gasteiger partial charge in [-0.3, -0.25) is 0 Å². The van der Waals surface area contributed by atoms with Crippen LogP contribution in [0.15, 0.2) is 6.33 Å². The second-order valence-electron chi connectivity index (χ2n) is 5.96. The number of aryl methyl sites for hydroxylation is 1. The first-order chi connectivity index (χ1) is 7.41. The number of aromatic nitrogens is 2. The van der Waals surface area contributed by atoms with Crippen LogP contribution in [0.4, 0.5) is 0 Å². The molecular formula is C13H23N3. The fourth-order valence-corrected chi connectivity index (χ4v) is 2.72. The molecule has 16 heavy (non-hydrogen) atoms. The zero-order chi connectivity index (χ0) is 11.9. The number of nitrogens with two attached hydrogens (primary N) is 1. The number of imidazole rings is 1. The van der Waals surface area contributed by atoms with E-state index < -0.39 is 0 Å². The van der Waals surface area contributed by atoms with E-state index in [9.17, 15) is 0 Å². The minimum Gasteiger partial charge on any atom is -0.330 e. The Bertz CT molecular complexity index is 379. The lowest BCUT2D eigenvalue weighted by molar-refractivity contribution is 0.160. The zero-order valence-corrected chi connectivity index (χ0v) is 10.8. The van der Waals surface area contributed by atoms with Crippen molar-refractivity contribution in [1.29, 1.82) is 0 Å². The molecule has 2 unspecified atom stereocenters. The smallest absolute Gasteiger partial charge is 0.0954 e. The van der Waals surface area contributed by atoms with E-state index in [0.29, 0.717) is 11.5 Å². The molecule has 2 atom stereocenters. The molecule has 0 bridgehead atoms. The highest BCUT2D eigenvalue weighted by atomic mass is 15.1. The molecule has 0 spiro atoms. The van der Waals surface area contributed by atoms with E-state index >= 15 is 0 Å². The van der Waals surface area contributed by atoms with Crippen LogP contribution in [0.25, 0.3) is 0 Å². The standard InChI is InChI=1S/C13H23N3/c1-9-10(2)16(8-15-9)12-7-13(3,4)6-5-11(12)14/h8,11-12H,5-7,14H2,1-4H3. The molecule has 0 aromatic carbocycles. The Labute approximate surface area is 98.1 Å². The van der Waals surface area contributed by atoms with Crippen LogP contribution in [0.1, 0.15) is 50.5 Å². The lowest BCUT2D eigenvalue weighted by atomic mass is 9.73. The van der Waals surface area contributed by atoms with Gasteiger partial charge in [-0.15, -0.1) is 0 Å². The highest BCUT2D eigenvalue weighted by Crippen LogP contribution is 2.40. The molecule has 1 aliphatic rings. The van der Waals surface area contributed by atoms with Crippen LogP contribution in [0.3, 0.4) is 0 Å². The van der Waals surface area contributed by atoms with Gasteiger partial charge in [0, 0.05) is 11.7 Å². The van der Waals surface area contributed by atoms with Crippen molar-refractivity contribution in [3.63, 3.8) is 0 Å². The maximum Gasteiger partial charge on any atom is 0.0954 e. The Kier molecular flexibility index (Phi) is 2.82. The van der Waals surface area contributed by atoms with Crippen LogP contribution in [0.2, 0.25) is 0 Å². The molecule has 2 N–H and O–H groups in total. The maximum absolute atomic E-state index is 6.26. The molecule has 0 amide bonds. The van der Waals surface area contributed by atoms with Crippen molar-refractivity contribution in [2.75, 3.05) is 0 Å². The summed E-state index contributed by atoms with van der Waals surface area (Å²) in [4.78, 5) is 4.38. The highest BCUT2D eigenvalue weighted by molar-refractivity contribution is 5.11. The third kappa shape index (κ3) is 2.01. The van der Waals surface area contributed by atoms with Crippen LogP contribution >= 0.6 is 0 Å². The summed E-state index contributed by atoms with van der Waals surface area (Å²) in [6.45, 7) is 8.87. The van der Waals surface area contributed by atoms with Crippen molar-refractivity contribution in [3.8, 4) is 0 Å². The average Bonchev–Trinajstić information content (AvgIpc) is 2.52. The first-order valence-electron chi connectivity index (χ1n) is 6.16. The predicted molar refractivity (Wildman–Crippen MR) is 66.3 cm³/mol. The first-order valence-corrected chi connectivity index (χ1v) is 6.16. The summed E-state index contributed by atoms with van der Waals surface area (Å²) in [6, 6.07) is 0.699. The van der Waals surface area contributed by atoms with Gasteiger partial charge in [0.05, 0.1) is 18.1 Å². The van der Waals surface area contributed by atoms with Crippen LogP contribution in [-0.2, 0) is 0 Å². The lowest BCUT2D eigenvalue weighted by Gasteiger charge is -2.40. The molecule has 1 saturated carbocycles. The van der Waals surface area contributed by atoms with E-state index in [-0.39, 0.29) is 6.04 Å². The van der Waals surface area contributed by atoms with Gasteiger partial charge in [0.15, 0.2) is 0 Å². The Morgan fingerprint density at radius 2 is 2.12 bits per heavy atom. The Hall–Kier alpha value is -0.830. The normalized spacial score (nSPS) is 29.3. The van der Waals surface area contributed by atoms with E-state index in [1.54, 1.807) is 0 Å². The Morgan fingerprint density at radius 3 is 2.69 bits per heavy atom. The molecule has 0 radical (unpaired) electrons. The van der Waals surface area contributed by atoms with E-state index in [2.05, 4.69) is 37.2 Å². The van der Waals surface area contributed by atoms with Gasteiger partial charge in [0.25, 0.3) is 0 Å². The molecule has 1 aliphatic carbocycles. The van der Waals surface area contributed by atoms with E-state index in [1.807, 2.05) is 6.33 Å². The highest BCUT2D eigenvalue weighted by Gasteiger charge is 2.34. The largest absolute Gasteiger partial charge is 0.330 e. The van der Waals surface area contributed by atoms with Gasteiger partial charge in [-0.2, -0.15) is 0 Å². The summed E-state index contributed by atoms with van der Waals surface area (Å²) in [5.41, 5.74) is 9.05. The number of hydrogen-bond acceptors (Lipinski definition) is 2. The molecule has 3 heteroatoms. The van der Waals surface area contributed by atoms with Gasteiger partial charge in [-0.1, -0.05) is 13.8 Å². The van der Waals surface area contributed by atoms with E-state index in [0.717, 1.165) is 18.5 Å². The monoisotopic (exact) mass is 221 g/mol. The topological polar surface area (TPSA) is 43.8 Å². The van der Waals surface area contributed by atoms with Gasteiger partial charge in [-0.25, -0.2) is 4.98 Å². The van der Waals surface area contributed by atoms with Crippen molar-refractivity contribution in [1.82, 2.24) is 9.55 Å². The minimum atomic E-state index is 0.278. The molecular weight excluding hydrogens is 198 g/mol. The Morgan fingerprint density at radius 1 is 1.44 bits per heavy atom. The molecule has 0 saturated heterocycles. The molecule has 3 nitrogen and oxygen atoms in total. The van der Waals surface area contributed by atoms with Gasteiger partial charge in [0.2, 0.25) is 0 Å². The quantitative estimate of drug-likeness (QED) is 0.792. The van der Waals surface area contributed by atoms with Gasteiger partial charge in [-0.05, 0) is 38.5 Å². The first kappa shape index (κ1) is 11.6. The number of nitrogens with zero attached hydrogens (tertiary/aromatic N) is 2. The third-order valence-electron chi connectivity index (χ3n) is 4.05. The second kappa shape index (κ2) is 3.88. The van der Waals surface area contributed by atoms with E-state index in [4.69, 9.17) is 5.73 Å². The minimum absolute atomic E-state index is 0.278. The van der Waals surface area contributed by atoms with Crippen molar-refractivity contribution in [2.24, 2.45) is 11.1 Å². The van der Waals surface area contributed by atoms with Crippen LogP contribution in [-0.4, -0.2) is 15.6 Å². The van der Waals surface area contributed by atoms with E-state index in [1.165, 1.54) is 12.1 Å². The molecule has 2 rings (SSSR count). The molecule has 90 valence electrons. The average molecular weight is 221 g/mol. The molecule has 1 fully saturated rings. The lowest BCUT2D eigenvalue weighted by Crippen LogP contribution is -2.40.